The maximum Gasteiger partial charge on any atom is 0.281 e. The first-order chi connectivity index (χ1) is 8.97. The van der Waals surface area contributed by atoms with Crippen LogP contribution in [0.2, 0.25) is 0 Å². The molecule has 0 amide bonds. The summed E-state index contributed by atoms with van der Waals surface area (Å²) < 4.78 is 5.16. The van der Waals surface area contributed by atoms with E-state index in [1.54, 1.807) is 13.0 Å². The number of carbonyl (C=O) groups is 1. The molecule has 0 unspecified atom stereocenters. The lowest BCUT2D eigenvalue weighted by Gasteiger charge is -2.01. The second kappa shape index (κ2) is 5.23. The normalized spacial score (nSPS) is 10.4. The third kappa shape index (κ3) is 3.00. The molecule has 7 heteroatoms. The van der Waals surface area contributed by atoms with E-state index in [1.807, 2.05) is 0 Å². The van der Waals surface area contributed by atoms with Gasteiger partial charge >= 0.3 is 0 Å². The van der Waals surface area contributed by atoms with Crippen LogP contribution in [-0.2, 0) is 0 Å². The standard InChI is InChI=1S/C12H10N2O4S/c1-7-6-18-12(13-7)19-9-3-4-10(8(2)15)11(5-9)14(16)17/h3-6H,1-2H3. The Morgan fingerprint density at radius 3 is 2.74 bits per heavy atom. The lowest BCUT2D eigenvalue weighted by molar-refractivity contribution is -0.385. The molecule has 1 heterocycles. The van der Waals surface area contributed by atoms with Crippen LogP contribution in [0.1, 0.15) is 23.0 Å². The van der Waals surface area contributed by atoms with Gasteiger partial charge in [0.2, 0.25) is 0 Å². The topological polar surface area (TPSA) is 86.2 Å². The summed E-state index contributed by atoms with van der Waals surface area (Å²) in [5.74, 6) is -0.338. The molecule has 0 aliphatic rings. The minimum Gasteiger partial charge on any atom is -0.439 e. The molecule has 0 atom stereocenters. The first kappa shape index (κ1) is 13.3. The summed E-state index contributed by atoms with van der Waals surface area (Å²) in [4.78, 5) is 26.4. The fourth-order valence-corrected chi connectivity index (χ4v) is 2.30. The molecule has 0 radical (unpaired) electrons. The van der Waals surface area contributed by atoms with Crippen molar-refractivity contribution in [2.24, 2.45) is 0 Å². The van der Waals surface area contributed by atoms with E-state index in [9.17, 15) is 14.9 Å². The average Bonchev–Trinajstić information content (AvgIpc) is 2.74. The quantitative estimate of drug-likeness (QED) is 0.484. The zero-order valence-corrected chi connectivity index (χ0v) is 11.1. The zero-order chi connectivity index (χ0) is 14.0. The van der Waals surface area contributed by atoms with Crippen molar-refractivity contribution in [3.8, 4) is 0 Å². The van der Waals surface area contributed by atoms with Crippen LogP contribution in [0.25, 0.3) is 0 Å². The molecule has 0 fully saturated rings. The van der Waals surface area contributed by atoms with Crippen LogP contribution in [0.3, 0.4) is 0 Å². The smallest absolute Gasteiger partial charge is 0.281 e. The number of Topliss-reactive ketones (excluding diaryl/α,β-unsaturated/α-hetero) is 1. The molecule has 2 rings (SSSR count). The molecule has 1 aromatic carbocycles. The fraction of sp³-hybridized carbons (Fsp3) is 0.167. The largest absolute Gasteiger partial charge is 0.439 e. The van der Waals surface area contributed by atoms with Gasteiger partial charge in [0, 0.05) is 11.0 Å². The van der Waals surface area contributed by atoms with Gasteiger partial charge in [-0.05, 0) is 37.7 Å². The number of aryl methyl sites for hydroxylation is 1. The van der Waals surface area contributed by atoms with Gasteiger partial charge in [0.05, 0.1) is 16.2 Å². The second-order valence-electron chi connectivity index (χ2n) is 3.85. The van der Waals surface area contributed by atoms with Crippen molar-refractivity contribution in [1.29, 1.82) is 0 Å². The highest BCUT2D eigenvalue weighted by Crippen LogP contribution is 2.31. The van der Waals surface area contributed by atoms with Gasteiger partial charge in [-0.2, -0.15) is 0 Å². The number of nitro groups is 1. The summed E-state index contributed by atoms with van der Waals surface area (Å²) in [5, 5.41) is 11.3. The molecule has 0 bridgehead atoms. The van der Waals surface area contributed by atoms with Gasteiger partial charge in [-0.25, -0.2) is 4.98 Å². The van der Waals surface area contributed by atoms with Crippen molar-refractivity contribution in [1.82, 2.24) is 4.98 Å². The van der Waals surface area contributed by atoms with Gasteiger partial charge in [-0.3, -0.25) is 14.9 Å². The molecule has 0 spiro atoms. The molecule has 6 nitrogen and oxygen atoms in total. The van der Waals surface area contributed by atoms with Crippen molar-refractivity contribution in [2.75, 3.05) is 0 Å². The molecule has 0 N–H and O–H groups in total. The SMILES string of the molecule is CC(=O)c1ccc(Sc2nc(C)co2)cc1[N+](=O)[O-]. The zero-order valence-electron chi connectivity index (χ0n) is 10.2. The Hall–Kier alpha value is -2.15. The number of ketones is 1. The Morgan fingerprint density at radius 1 is 1.47 bits per heavy atom. The highest BCUT2D eigenvalue weighted by molar-refractivity contribution is 7.99. The monoisotopic (exact) mass is 278 g/mol. The molecule has 98 valence electrons. The number of nitrogens with zero attached hydrogens (tertiary/aromatic N) is 2. The van der Waals surface area contributed by atoms with E-state index >= 15 is 0 Å². The number of hydrogen-bond donors (Lipinski definition) is 0. The molecule has 19 heavy (non-hydrogen) atoms. The number of nitro benzene ring substituents is 1. The van der Waals surface area contributed by atoms with Crippen LogP contribution in [0.5, 0.6) is 0 Å². The van der Waals surface area contributed by atoms with Crippen molar-refractivity contribution >= 4 is 23.2 Å². The van der Waals surface area contributed by atoms with E-state index in [-0.39, 0.29) is 17.0 Å². The highest BCUT2D eigenvalue weighted by atomic mass is 32.2. The number of rotatable bonds is 4. The van der Waals surface area contributed by atoms with Crippen LogP contribution in [0, 0.1) is 17.0 Å². The van der Waals surface area contributed by atoms with Crippen LogP contribution in [0.4, 0.5) is 5.69 Å². The first-order valence-electron chi connectivity index (χ1n) is 5.36. The number of benzene rings is 1. The third-order valence-corrected chi connectivity index (χ3v) is 3.20. The molecular formula is C12H10N2O4S. The summed E-state index contributed by atoms with van der Waals surface area (Å²) in [7, 11) is 0. The van der Waals surface area contributed by atoms with E-state index in [4.69, 9.17) is 4.42 Å². The average molecular weight is 278 g/mol. The van der Waals surface area contributed by atoms with Gasteiger partial charge in [0.1, 0.15) is 6.26 Å². The molecule has 0 aliphatic carbocycles. The van der Waals surface area contributed by atoms with Crippen molar-refractivity contribution in [3.63, 3.8) is 0 Å². The van der Waals surface area contributed by atoms with Crippen LogP contribution in [0.15, 0.2) is 39.0 Å². The number of aromatic nitrogens is 1. The van der Waals surface area contributed by atoms with E-state index < -0.39 is 4.92 Å². The fourth-order valence-electron chi connectivity index (χ4n) is 1.50. The molecule has 1 aromatic heterocycles. The van der Waals surface area contributed by atoms with E-state index in [1.165, 1.54) is 37.1 Å². The predicted molar refractivity (Wildman–Crippen MR) is 68.5 cm³/mol. The third-order valence-electron chi connectivity index (χ3n) is 2.35. The highest BCUT2D eigenvalue weighted by Gasteiger charge is 2.18. The lowest BCUT2D eigenvalue weighted by atomic mass is 10.1. The van der Waals surface area contributed by atoms with Gasteiger partial charge in [0.15, 0.2) is 5.78 Å². The molecule has 0 aliphatic heterocycles. The van der Waals surface area contributed by atoms with Crippen molar-refractivity contribution in [3.05, 3.63) is 45.8 Å². The first-order valence-corrected chi connectivity index (χ1v) is 6.18. The van der Waals surface area contributed by atoms with Gasteiger partial charge in [0.25, 0.3) is 10.9 Å². The number of hydrogen-bond acceptors (Lipinski definition) is 6. The summed E-state index contributed by atoms with van der Waals surface area (Å²) in [6, 6.07) is 4.42. The Morgan fingerprint density at radius 2 is 2.21 bits per heavy atom. The van der Waals surface area contributed by atoms with Gasteiger partial charge in [-0.15, -0.1) is 0 Å². The summed E-state index contributed by atoms with van der Waals surface area (Å²) in [5.41, 5.74) is 0.621. The molecule has 0 saturated carbocycles. The lowest BCUT2D eigenvalue weighted by Crippen LogP contribution is -2.00. The van der Waals surface area contributed by atoms with Gasteiger partial charge < -0.3 is 4.42 Å². The molecule has 2 aromatic rings. The summed E-state index contributed by atoms with van der Waals surface area (Å²) in [6.45, 7) is 3.08. The summed E-state index contributed by atoms with van der Waals surface area (Å²) in [6.07, 6.45) is 1.50. The van der Waals surface area contributed by atoms with Gasteiger partial charge in [-0.1, -0.05) is 0 Å². The molecule has 0 saturated heterocycles. The van der Waals surface area contributed by atoms with Crippen molar-refractivity contribution < 1.29 is 14.1 Å². The van der Waals surface area contributed by atoms with E-state index in [0.717, 1.165) is 5.69 Å². The van der Waals surface area contributed by atoms with Crippen LogP contribution in [-0.4, -0.2) is 15.7 Å². The van der Waals surface area contributed by atoms with Crippen molar-refractivity contribution in [2.45, 2.75) is 24.0 Å². The number of carbonyl (C=O) groups excluding carboxylic acids is 1. The maximum absolute atomic E-state index is 11.3. The number of oxazole rings is 1. The predicted octanol–water partition coefficient (Wildman–Crippen LogP) is 3.25. The van der Waals surface area contributed by atoms with E-state index in [2.05, 4.69) is 4.98 Å². The minimum atomic E-state index is -0.568. The Balaban J connectivity index is 2.35. The Labute approximate surface area is 113 Å². The summed E-state index contributed by atoms with van der Waals surface area (Å²) >= 11 is 1.17. The molecular weight excluding hydrogens is 268 g/mol. The van der Waals surface area contributed by atoms with Crippen LogP contribution < -0.4 is 0 Å². The second-order valence-corrected chi connectivity index (χ2v) is 4.87. The Bertz CT molecular complexity index is 651. The Kier molecular flexibility index (Phi) is 3.66. The minimum absolute atomic E-state index is 0.0953. The van der Waals surface area contributed by atoms with E-state index in [0.29, 0.717) is 10.1 Å². The van der Waals surface area contributed by atoms with Crippen LogP contribution >= 0.6 is 11.8 Å². The maximum atomic E-state index is 11.3.